The summed E-state index contributed by atoms with van der Waals surface area (Å²) >= 11 is 0. The van der Waals surface area contributed by atoms with E-state index in [4.69, 9.17) is 19.2 Å². The summed E-state index contributed by atoms with van der Waals surface area (Å²) in [5.41, 5.74) is 3.30. The Bertz CT molecular complexity index is 1160. The molecule has 0 amide bonds. The summed E-state index contributed by atoms with van der Waals surface area (Å²) < 4.78 is 32.7. The van der Waals surface area contributed by atoms with Crippen LogP contribution < -0.4 is 10.1 Å². The quantitative estimate of drug-likeness (QED) is 0.417. The smallest absolute Gasteiger partial charge is 0.325 e. The fourth-order valence-corrected chi connectivity index (χ4v) is 5.70. The number of hydrogen-bond donors (Lipinski definition) is 2. The predicted octanol–water partition coefficient (Wildman–Crippen LogP) is 4.75. The molecule has 3 aliphatic rings. The number of hydrogen-bond acceptors (Lipinski definition) is 7. The van der Waals surface area contributed by atoms with E-state index in [1.165, 1.54) is 17.7 Å². The second kappa shape index (κ2) is 12.6. The fourth-order valence-electron chi connectivity index (χ4n) is 5.70. The number of anilines is 1. The molecule has 9 heteroatoms. The molecule has 39 heavy (non-hydrogen) atoms. The van der Waals surface area contributed by atoms with Gasteiger partial charge in [-0.25, -0.2) is 9.37 Å². The number of ether oxygens (including phenoxy) is 3. The van der Waals surface area contributed by atoms with Crippen LogP contribution in [-0.4, -0.2) is 66.0 Å². The molecule has 4 heterocycles. The Hall–Kier alpha value is -2.75. The lowest BCUT2D eigenvalue weighted by Crippen LogP contribution is -2.35. The number of aryl methyl sites for hydroxylation is 2. The molecule has 1 aromatic heterocycles. The zero-order valence-corrected chi connectivity index (χ0v) is 23.0. The number of likely N-dealkylation sites (tertiary alicyclic amines) is 1. The van der Waals surface area contributed by atoms with Gasteiger partial charge < -0.3 is 24.6 Å². The predicted molar refractivity (Wildman–Crippen MR) is 146 cm³/mol. The first-order valence-electron chi connectivity index (χ1n) is 14.3. The van der Waals surface area contributed by atoms with Gasteiger partial charge in [-0.15, -0.1) is 0 Å². The highest BCUT2D eigenvalue weighted by molar-refractivity contribution is 5.77. The Morgan fingerprint density at radius 1 is 1.28 bits per heavy atom. The zero-order valence-electron chi connectivity index (χ0n) is 23.0. The van der Waals surface area contributed by atoms with Crippen LogP contribution in [0.5, 0.6) is 5.75 Å². The molecule has 0 spiro atoms. The molecule has 1 saturated heterocycles. The number of benzene rings is 1. The maximum absolute atomic E-state index is 14.6. The first-order valence-corrected chi connectivity index (χ1v) is 14.3. The molecule has 3 atom stereocenters. The number of carboxylic acid groups (broad SMARTS) is 1. The molecule has 2 N–H and O–H groups in total. The average Bonchev–Trinajstić information content (AvgIpc) is 3.25. The van der Waals surface area contributed by atoms with Gasteiger partial charge in [0, 0.05) is 43.1 Å². The van der Waals surface area contributed by atoms with Gasteiger partial charge in [-0.1, -0.05) is 19.9 Å². The first kappa shape index (κ1) is 27.8. The molecule has 3 aliphatic heterocycles. The summed E-state index contributed by atoms with van der Waals surface area (Å²) in [7, 11) is 0. The number of carbonyl (C=O) groups is 1. The Morgan fingerprint density at radius 3 is 2.97 bits per heavy atom. The number of aliphatic carboxylic acids is 1. The molecule has 2 aromatic rings. The largest absolute Gasteiger partial charge is 0.487 e. The van der Waals surface area contributed by atoms with E-state index in [1.54, 1.807) is 0 Å². The van der Waals surface area contributed by atoms with Crippen molar-refractivity contribution in [2.75, 3.05) is 38.2 Å². The Labute approximate surface area is 229 Å². The van der Waals surface area contributed by atoms with Crippen molar-refractivity contribution in [3.8, 4) is 5.75 Å². The van der Waals surface area contributed by atoms with E-state index in [1.807, 2.05) is 18.7 Å². The van der Waals surface area contributed by atoms with Crippen molar-refractivity contribution >= 4 is 11.8 Å². The van der Waals surface area contributed by atoms with Gasteiger partial charge in [-0.3, -0.25) is 9.69 Å². The van der Waals surface area contributed by atoms with Crippen LogP contribution in [0.4, 0.5) is 10.2 Å². The number of pyridine rings is 1. The first-order chi connectivity index (χ1) is 18.9. The second-order valence-corrected chi connectivity index (χ2v) is 11.2. The average molecular weight is 542 g/mol. The summed E-state index contributed by atoms with van der Waals surface area (Å²) in [6.07, 6.45) is 5.48. The second-order valence-electron chi connectivity index (χ2n) is 11.2. The van der Waals surface area contributed by atoms with E-state index < -0.39 is 17.8 Å². The third-order valence-electron chi connectivity index (χ3n) is 7.91. The Kier molecular flexibility index (Phi) is 8.99. The molecule has 0 bridgehead atoms. The zero-order chi connectivity index (χ0) is 27.4. The molecule has 212 valence electrons. The highest BCUT2D eigenvalue weighted by Crippen LogP contribution is 2.38. The lowest BCUT2D eigenvalue weighted by atomic mass is 10.00. The third kappa shape index (κ3) is 6.70. The Balaban J connectivity index is 1.17. The van der Waals surface area contributed by atoms with Gasteiger partial charge in [0.25, 0.3) is 0 Å². The number of nitrogens with zero attached hydrogens (tertiary/aromatic N) is 2. The summed E-state index contributed by atoms with van der Waals surface area (Å²) in [6, 6.07) is 5.98. The van der Waals surface area contributed by atoms with Crippen LogP contribution in [0.2, 0.25) is 0 Å². The molecule has 0 saturated carbocycles. The van der Waals surface area contributed by atoms with Gasteiger partial charge >= 0.3 is 5.97 Å². The van der Waals surface area contributed by atoms with E-state index in [9.17, 15) is 14.3 Å². The van der Waals surface area contributed by atoms with E-state index in [0.717, 1.165) is 56.6 Å². The lowest BCUT2D eigenvalue weighted by Gasteiger charge is -2.28. The van der Waals surface area contributed by atoms with Gasteiger partial charge in [0.05, 0.1) is 19.3 Å². The number of fused-ring (bicyclic) bond motifs is 2. The van der Waals surface area contributed by atoms with E-state index in [0.29, 0.717) is 43.2 Å². The van der Waals surface area contributed by atoms with Gasteiger partial charge in [0.1, 0.15) is 29.5 Å². The Morgan fingerprint density at radius 2 is 2.15 bits per heavy atom. The van der Waals surface area contributed by atoms with Crippen molar-refractivity contribution in [1.29, 1.82) is 0 Å². The molecular weight excluding hydrogens is 501 g/mol. The minimum atomic E-state index is -1.02. The molecule has 5 rings (SSSR count). The van der Waals surface area contributed by atoms with Crippen LogP contribution in [-0.2, 0) is 33.7 Å². The normalized spacial score (nSPS) is 21.9. The highest BCUT2D eigenvalue weighted by Gasteiger charge is 2.38. The standard InChI is InChI=1S/C30H40FN3O5/c1-19(2)26-18-37-17-21-14-22(31)15-25(28(21)39-26)27(30(35)36)34-12-10-24(16-34)38-13-4-3-7-23-9-8-20-6-5-11-32-29(20)33-23/h8-9,14-15,19,24,26-27H,3-7,10-13,16-18H2,1-2H3,(H,32,33)(H,35,36). The van der Waals surface area contributed by atoms with Crippen LogP contribution in [0.25, 0.3) is 0 Å². The van der Waals surface area contributed by atoms with Crippen LogP contribution in [0.3, 0.4) is 0 Å². The van der Waals surface area contributed by atoms with Gasteiger partial charge in [-0.05, 0) is 68.2 Å². The molecule has 3 unspecified atom stereocenters. The molecule has 8 nitrogen and oxygen atoms in total. The third-order valence-corrected chi connectivity index (χ3v) is 7.91. The highest BCUT2D eigenvalue weighted by atomic mass is 19.1. The number of carboxylic acids is 1. The molecular formula is C30H40FN3O5. The minimum Gasteiger partial charge on any atom is -0.487 e. The molecule has 1 fully saturated rings. The fraction of sp³-hybridized carbons (Fsp3) is 0.600. The van der Waals surface area contributed by atoms with Crippen LogP contribution in [0.1, 0.15) is 68.0 Å². The van der Waals surface area contributed by atoms with Crippen molar-refractivity contribution in [2.24, 2.45) is 5.92 Å². The number of aromatic nitrogens is 1. The summed E-state index contributed by atoms with van der Waals surface area (Å²) in [4.78, 5) is 19.1. The van der Waals surface area contributed by atoms with Crippen LogP contribution in [0, 0.1) is 11.7 Å². The van der Waals surface area contributed by atoms with Crippen LogP contribution >= 0.6 is 0 Å². The molecule has 0 radical (unpaired) electrons. The van der Waals surface area contributed by atoms with Crippen molar-refractivity contribution in [3.05, 3.63) is 52.5 Å². The van der Waals surface area contributed by atoms with Crippen molar-refractivity contribution in [3.63, 3.8) is 0 Å². The summed E-state index contributed by atoms with van der Waals surface area (Å²) in [5, 5.41) is 13.6. The minimum absolute atomic E-state index is 0.0576. The maximum atomic E-state index is 14.6. The lowest BCUT2D eigenvalue weighted by molar-refractivity contribution is -0.143. The molecule has 1 aromatic carbocycles. The van der Waals surface area contributed by atoms with Crippen molar-refractivity contribution < 1.29 is 28.5 Å². The number of rotatable bonds is 10. The summed E-state index contributed by atoms with van der Waals surface area (Å²) in [5.74, 6) is 0.130. The van der Waals surface area contributed by atoms with Crippen molar-refractivity contribution in [2.45, 2.75) is 77.2 Å². The molecule has 0 aliphatic carbocycles. The van der Waals surface area contributed by atoms with Gasteiger partial charge in [-0.2, -0.15) is 0 Å². The monoisotopic (exact) mass is 541 g/mol. The van der Waals surface area contributed by atoms with E-state index in [2.05, 4.69) is 17.4 Å². The summed E-state index contributed by atoms with van der Waals surface area (Å²) in [6.45, 7) is 7.27. The number of halogens is 1. The van der Waals surface area contributed by atoms with E-state index in [-0.39, 0.29) is 24.7 Å². The number of unbranched alkanes of at least 4 members (excludes halogenated alkanes) is 1. The topological polar surface area (TPSA) is 93.2 Å². The maximum Gasteiger partial charge on any atom is 0.325 e. The van der Waals surface area contributed by atoms with Gasteiger partial charge in [0.2, 0.25) is 0 Å². The van der Waals surface area contributed by atoms with Crippen LogP contribution in [0.15, 0.2) is 24.3 Å². The number of nitrogens with one attached hydrogen (secondary N) is 1. The SMILES string of the molecule is CC(C)C1COCc2cc(F)cc(C(C(=O)O)N3CCC(OCCCCc4ccc5c(n4)NCCC5)C3)c2O1. The van der Waals surface area contributed by atoms with E-state index >= 15 is 0 Å². The van der Waals surface area contributed by atoms with Gasteiger partial charge in [0.15, 0.2) is 0 Å². The van der Waals surface area contributed by atoms with Crippen molar-refractivity contribution in [1.82, 2.24) is 9.88 Å².